The number of hydrogen-bond donors (Lipinski definition) is 1. The van der Waals surface area contributed by atoms with Gasteiger partial charge in [0.1, 0.15) is 11.9 Å². The highest BCUT2D eigenvalue weighted by Crippen LogP contribution is 2.45. The largest absolute Gasteiger partial charge is 0.416 e. The van der Waals surface area contributed by atoms with Gasteiger partial charge < -0.3 is 15.0 Å². The molecule has 3 aromatic rings. The Morgan fingerprint density at radius 2 is 1.65 bits per heavy atom. The van der Waals surface area contributed by atoms with Gasteiger partial charge in [0.05, 0.1) is 35.2 Å². The van der Waals surface area contributed by atoms with E-state index in [9.17, 15) is 35.5 Å². The molecule has 1 amide bonds. The van der Waals surface area contributed by atoms with E-state index in [0.29, 0.717) is 29.8 Å². The summed E-state index contributed by atoms with van der Waals surface area (Å²) in [5.41, 5.74) is -1.88. The fourth-order valence-corrected chi connectivity index (χ4v) is 5.58. The summed E-state index contributed by atoms with van der Waals surface area (Å²) >= 11 is 0. The van der Waals surface area contributed by atoms with Gasteiger partial charge in [-0.3, -0.25) is 9.48 Å². The van der Waals surface area contributed by atoms with Crippen molar-refractivity contribution in [3.05, 3.63) is 82.9 Å². The molecule has 0 radical (unpaired) electrons. The fourth-order valence-electron chi connectivity index (χ4n) is 5.58. The number of alkyl halides is 6. The van der Waals surface area contributed by atoms with E-state index < -0.39 is 59.5 Å². The number of aromatic nitrogens is 2. The van der Waals surface area contributed by atoms with Crippen LogP contribution in [0.1, 0.15) is 47.6 Å². The Bertz CT molecular complexity index is 1350. The van der Waals surface area contributed by atoms with Crippen molar-refractivity contribution in [1.82, 2.24) is 14.7 Å². The van der Waals surface area contributed by atoms with E-state index in [1.807, 2.05) is 0 Å². The highest BCUT2D eigenvalue weighted by molar-refractivity contribution is 5.88. The van der Waals surface area contributed by atoms with Crippen LogP contribution in [0, 0.1) is 5.82 Å². The Hall–Kier alpha value is -3.61. The van der Waals surface area contributed by atoms with Crippen LogP contribution >= 0.6 is 0 Å². The number of nitrogens with one attached hydrogen (secondary N) is 1. The lowest BCUT2D eigenvalue weighted by Gasteiger charge is -2.27. The normalized spacial score (nSPS) is 23.9. The van der Waals surface area contributed by atoms with Crippen molar-refractivity contribution in [3.63, 3.8) is 0 Å². The molecule has 0 spiro atoms. The summed E-state index contributed by atoms with van der Waals surface area (Å²) in [6.45, 7) is 1.43. The van der Waals surface area contributed by atoms with E-state index in [1.54, 1.807) is 41.2 Å². The van der Waals surface area contributed by atoms with Crippen LogP contribution in [0.25, 0.3) is 0 Å². The van der Waals surface area contributed by atoms with Crippen LogP contribution in [0.5, 0.6) is 0 Å². The molecule has 2 aliphatic heterocycles. The molecule has 6 nitrogen and oxygen atoms in total. The summed E-state index contributed by atoms with van der Waals surface area (Å²) in [6.07, 6.45) is -8.28. The van der Waals surface area contributed by atoms with Gasteiger partial charge in [-0.2, -0.15) is 31.4 Å². The fraction of sp³-hybridized carbons (Fsp3) is 0.407. The summed E-state index contributed by atoms with van der Waals surface area (Å²) < 4.78 is 102. The molecule has 13 heteroatoms. The van der Waals surface area contributed by atoms with E-state index in [0.717, 1.165) is 0 Å². The number of ether oxygens (including phenoxy) is 1. The van der Waals surface area contributed by atoms with Gasteiger partial charge in [0, 0.05) is 31.7 Å². The van der Waals surface area contributed by atoms with Crippen molar-refractivity contribution in [2.45, 2.75) is 55.9 Å². The van der Waals surface area contributed by atoms with Gasteiger partial charge in [0.2, 0.25) is 5.91 Å². The maximum Gasteiger partial charge on any atom is 0.416 e. The zero-order valence-corrected chi connectivity index (χ0v) is 21.3. The maximum atomic E-state index is 13.7. The van der Waals surface area contributed by atoms with Gasteiger partial charge in [-0.15, -0.1) is 0 Å². The number of anilines is 1. The number of hydrogen-bond acceptors (Lipinski definition) is 4. The number of carbonyl (C=O) groups is 1. The second-order valence-corrected chi connectivity index (χ2v) is 10.1. The van der Waals surface area contributed by atoms with Crippen molar-refractivity contribution in [2.24, 2.45) is 7.05 Å². The van der Waals surface area contributed by atoms with Crippen LogP contribution in [0.3, 0.4) is 0 Å². The van der Waals surface area contributed by atoms with Crippen molar-refractivity contribution < 1.29 is 40.3 Å². The maximum absolute atomic E-state index is 13.7. The first kappa shape index (κ1) is 27.9. The smallest absolute Gasteiger partial charge is 0.371 e. The predicted molar refractivity (Wildman–Crippen MR) is 130 cm³/mol. The standard InChI is InChI=1S/C27H25F7N4O2/c1-14(16-7-17(26(29,30)31)9-18(8-16)27(32,33)34)40-23-13-38-22(24(23)15-3-5-19(28)6-4-15)10-21(25(38)39)36-20-11-35-37(2)12-20/h3-9,11-12,14,21-24,36H,10,13H2,1-2H3/t14-,21?,22?,23+,24+/m1/s1. The van der Waals surface area contributed by atoms with Crippen LogP contribution in [-0.2, 0) is 28.9 Å². The number of amides is 1. The van der Waals surface area contributed by atoms with Crippen LogP contribution in [0.2, 0.25) is 0 Å². The number of benzene rings is 2. The Kier molecular flexibility index (Phi) is 7.05. The SMILES string of the molecule is C[C@@H](O[C@H]1CN2C(=O)C(Nc3cnn(C)c3)CC2[C@@H]1c1ccc(F)cc1)c1cc(C(F)(F)F)cc(C(F)(F)F)c1. The summed E-state index contributed by atoms with van der Waals surface area (Å²) in [6, 6.07) is 5.98. The third-order valence-corrected chi connectivity index (χ3v) is 7.41. The molecule has 2 unspecified atom stereocenters. The van der Waals surface area contributed by atoms with E-state index >= 15 is 0 Å². The third kappa shape index (κ3) is 5.51. The van der Waals surface area contributed by atoms with Crippen LogP contribution in [0.4, 0.5) is 36.4 Å². The minimum atomic E-state index is -4.99. The summed E-state index contributed by atoms with van der Waals surface area (Å²) in [5, 5.41) is 7.23. The molecule has 2 aromatic carbocycles. The Morgan fingerprint density at radius 3 is 2.20 bits per heavy atom. The molecular weight excluding hydrogens is 545 g/mol. The molecule has 1 aromatic heterocycles. The average Bonchev–Trinajstić information content (AvgIpc) is 3.53. The van der Waals surface area contributed by atoms with Gasteiger partial charge in [0.15, 0.2) is 0 Å². The Labute approximate surface area is 224 Å². The first-order valence-electron chi connectivity index (χ1n) is 12.5. The first-order chi connectivity index (χ1) is 18.7. The van der Waals surface area contributed by atoms with Crippen molar-refractivity contribution >= 4 is 11.6 Å². The zero-order valence-electron chi connectivity index (χ0n) is 21.3. The lowest BCUT2D eigenvalue weighted by molar-refractivity contribution is -0.143. The second kappa shape index (κ2) is 10.1. The van der Waals surface area contributed by atoms with E-state index in [-0.39, 0.29) is 24.1 Å². The monoisotopic (exact) mass is 570 g/mol. The van der Waals surface area contributed by atoms with Gasteiger partial charge in [0.25, 0.3) is 0 Å². The number of fused-ring (bicyclic) bond motifs is 1. The van der Waals surface area contributed by atoms with E-state index in [1.165, 1.54) is 19.1 Å². The molecular formula is C27H25F7N4O2. The predicted octanol–water partition coefficient (Wildman–Crippen LogP) is 5.92. The van der Waals surface area contributed by atoms with Gasteiger partial charge in [-0.25, -0.2) is 4.39 Å². The molecule has 0 saturated carbocycles. The number of rotatable bonds is 6. The molecule has 2 fully saturated rings. The molecule has 5 atom stereocenters. The molecule has 3 heterocycles. The summed E-state index contributed by atoms with van der Waals surface area (Å²) in [5.74, 6) is -1.20. The molecule has 5 rings (SSSR count). The minimum Gasteiger partial charge on any atom is -0.371 e. The number of nitrogens with zero attached hydrogens (tertiary/aromatic N) is 3. The van der Waals surface area contributed by atoms with Crippen molar-refractivity contribution in [3.8, 4) is 0 Å². The Morgan fingerprint density at radius 1 is 1.02 bits per heavy atom. The van der Waals surface area contributed by atoms with Crippen molar-refractivity contribution in [1.29, 1.82) is 0 Å². The molecule has 2 saturated heterocycles. The molecule has 2 aliphatic rings. The highest BCUT2D eigenvalue weighted by Gasteiger charge is 2.53. The molecule has 40 heavy (non-hydrogen) atoms. The average molecular weight is 571 g/mol. The lowest BCUT2D eigenvalue weighted by atomic mass is 9.87. The van der Waals surface area contributed by atoms with Crippen LogP contribution in [-0.4, -0.2) is 45.3 Å². The lowest BCUT2D eigenvalue weighted by Crippen LogP contribution is -2.35. The summed E-state index contributed by atoms with van der Waals surface area (Å²) in [4.78, 5) is 14.9. The van der Waals surface area contributed by atoms with Crippen LogP contribution < -0.4 is 5.32 Å². The number of aryl methyl sites for hydroxylation is 1. The third-order valence-electron chi connectivity index (χ3n) is 7.41. The zero-order chi connectivity index (χ0) is 29.0. The topological polar surface area (TPSA) is 59.4 Å². The molecule has 214 valence electrons. The molecule has 1 N–H and O–H groups in total. The minimum absolute atomic E-state index is 0.0617. The molecule has 0 bridgehead atoms. The van der Waals surface area contributed by atoms with E-state index in [4.69, 9.17) is 4.74 Å². The van der Waals surface area contributed by atoms with Crippen molar-refractivity contribution in [2.75, 3.05) is 11.9 Å². The van der Waals surface area contributed by atoms with E-state index in [2.05, 4.69) is 10.4 Å². The molecule has 0 aliphatic carbocycles. The number of carbonyl (C=O) groups excluding carboxylic acids is 1. The van der Waals surface area contributed by atoms with Crippen LogP contribution in [0.15, 0.2) is 54.9 Å². The van der Waals surface area contributed by atoms with Gasteiger partial charge >= 0.3 is 12.4 Å². The first-order valence-corrected chi connectivity index (χ1v) is 12.5. The quantitative estimate of drug-likeness (QED) is 0.374. The second-order valence-electron chi connectivity index (χ2n) is 10.1. The highest BCUT2D eigenvalue weighted by atomic mass is 19.4. The van der Waals surface area contributed by atoms with Gasteiger partial charge in [-0.1, -0.05) is 12.1 Å². The Balaban J connectivity index is 1.43. The van der Waals surface area contributed by atoms with Gasteiger partial charge in [-0.05, 0) is 54.8 Å². The number of halogens is 7. The summed E-state index contributed by atoms with van der Waals surface area (Å²) in [7, 11) is 1.73.